The first-order valence-electron chi connectivity index (χ1n) is 6.82. The number of hydrogen-bond acceptors (Lipinski definition) is 6. The molecule has 1 N–H and O–H groups in total. The van der Waals surface area contributed by atoms with Crippen molar-refractivity contribution in [3.05, 3.63) is 41.8 Å². The molecule has 2 aromatic rings. The van der Waals surface area contributed by atoms with Crippen LogP contribution >= 0.6 is 12.4 Å². The summed E-state index contributed by atoms with van der Waals surface area (Å²) >= 11 is 0. The first-order chi connectivity index (χ1) is 10.3. The molecule has 22 heavy (non-hydrogen) atoms. The number of halogens is 2. The van der Waals surface area contributed by atoms with E-state index in [9.17, 15) is 4.39 Å². The van der Waals surface area contributed by atoms with Crippen LogP contribution in [0.25, 0.3) is 0 Å². The highest BCUT2D eigenvalue weighted by Crippen LogP contribution is 2.16. The van der Waals surface area contributed by atoms with Crippen LogP contribution in [0.5, 0.6) is 5.75 Å². The Kier molecular flexibility index (Phi) is 6.11. The highest BCUT2D eigenvalue weighted by atomic mass is 35.5. The van der Waals surface area contributed by atoms with Gasteiger partial charge in [0.1, 0.15) is 0 Å². The van der Waals surface area contributed by atoms with Crippen LogP contribution in [0.15, 0.2) is 28.8 Å². The molecule has 6 nitrogen and oxygen atoms in total. The molecule has 8 heteroatoms. The van der Waals surface area contributed by atoms with Crippen LogP contribution in [-0.2, 0) is 17.8 Å². The summed E-state index contributed by atoms with van der Waals surface area (Å²) in [5, 5.41) is 7.05. The number of nitrogens with one attached hydrogen (secondary N) is 1. The van der Waals surface area contributed by atoms with E-state index >= 15 is 0 Å². The molecule has 3 rings (SSSR count). The summed E-state index contributed by atoms with van der Waals surface area (Å²) in [7, 11) is 0. The largest absolute Gasteiger partial charge is 0.482 e. The second-order valence-corrected chi connectivity index (χ2v) is 4.72. The van der Waals surface area contributed by atoms with E-state index in [-0.39, 0.29) is 30.9 Å². The Morgan fingerprint density at radius 2 is 2.23 bits per heavy atom. The standard InChI is InChI=1S/C14H16FN3O3.ClH/c15-11-3-1-2-4-12(11)20-9-13-17-14(21-18-13)7-10-8-16-5-6-19-10;/h1-4,10,16H,5-9H2;1H. The maximum absolute atomic E-state index is 13.4. The van der Waals surface area contributed by atoms with Crippen molar-refractivity contribution in [2.75, 3.05) is 19.7 Å². The zero-order chi connectivity index (χ0) is 14.5. The summed E-state index contributed by atoms with van der Waals surface area (Å²) in [6.07, 6.45) is 0.596. The summed E-state index contributed by atoms with van der Waals surface area (Å²) in [4.78, 5) is 4.22. The van der Waals surface area contributed by atoms with Gasteiger partial charge in [0.05, 0.1) is 19.1 Å². The van der Waals surface area contributed by atoms with Crippen LogP contribution < -0.4 is 10.1 Å². The van der Waals surface area contributed by atoms with Crippen LogP contribution in [-0.4, -0.2) is 35.9 Å². The third-order valence-electron chi connectivity index (χ3n) is 3.11. The smallest absolute Gasteiger partial charge is 0.229 e. The second-order valence-electron chi connectivity index (χ2n) is 4.72. The molecule has 1 saturated heterocycles. The summed E-state index contributed by atoms with van der Waals surface area (Å²) in [6.45, 7) is 2.38. The molecule has 0 bridgehead atoms. The van der Waals surface area contributed by atoms with Crippen LogP contribution in [0.3, 0.4) is 0 Å². The lowest BCUT2D eigenvalue weighted by atomic mass is 10.2. The molecule has 0 aliphatic carbocycles. The van der Waals surface area contributed by atoms with Crippen LogP contribution in [0.1, 0.15) is 11.7 Å². The summed E-state index contributed by atoms with van der Waals surface area (Å²) in [5.41, 5.74) is 0. The molecule has 120 valence electrons. The molecule has 1 aromatic heterocycles. The molecule has 0 spiro atoms. The van der Waals surface area contributed by atoms with Gasteiger partial charge in [0.15, 0.2) is 18.2 Å². The van der Waals surface area contributed by atoms with Gasteiger partial charge in [-0.3, -0.25) is 0 Å². The normalized spacial score (nSPS) is 17.8. The molecule has 1 fully saturated rings. The van der Waals surface area contributed by atoms with Gasteiger partial charge in [-0.1, -0.05) is 17.3 Å². The Balaban J connectivity index is 0.00000176. The zero-order valence-electron chi connectivity index (χ0n) is 11.8. The lowest BCUT2D eigenvalue weighted by molar-refractivity contribution is 0.0246. The van der Waals surface area contributed by atoms with Crippen molar-refractivity contribution in [1.82, 2.24) is 15.5 Å². The Labute approximate surface area is 133 Å². The Hall–Kier alpha value is -1.70. The molecule has 1 aliphatic heterocycles. The first kappa shape index (κ1) is 16.7. The number of benzene rings is 1. The lowest BCUT2D eigenvalue weighted by Crippen LogP contribution is -2.39. The quantitative estimate of drug-likeness (QED) is 0.901. The molecule has 1 aromatic carbocycles. The second kappa shape index (κ2) is 8.07. The van der Waals surface area contributed by atoms with Crippen molar-refractivity contribution in [2.45, 2.75) is 19.1 Å². The van der Waals surface area contributed by atoms with E-state index in [2.05, 4.69) is 15.5 Å². The number of rotatable bonds is 5. The van der Waals surface area contributed by atoms with E-state index in [0.29, 0.717) is 24.7 Å². The van der Waals surface area contributed by atoms with Crippen molar-refractivity contribution in [3.8, 4) is 5.75 Å². The molecule has 2 heterocycles. The van der Waals surface area contributed by atoms with Gasteiger partial charge in [-0.05, 0) is 12.1 Å². The summed E-state index contributed by atoms with van der Waals surface area (Å²) in [5.74, 6) is 0.638. The fraction of sp³-hybridized carbons (Fsp3) is 0.429. The highest BCUT2D eigenvalue weighted by molar-refractivity contribution is 5.85. The number of ether oxygens (including phenoxy) is 2. The number of morpholine rings is 1. The minimum Gasteiger partial charge on any atom is -0.482 e. The van der Waals surface area contributed by atoms with Gasteiger partial charge in [-0.15, -0.1) is 12.4 Å². The number of nitrogens with zero attached hydrogens (tertiary/aromatic N) is 2. The van der Waals surface area contributed by atoms with E-state index in [1.54, 1.807) is 18.2 Å². The Morgan fingerprint density at radius 3 is 3.00 bits per heavy atom. The molecule has 1 atom stereocenters. The minimum atomic E-state index is -0.414. The Morgan fingerprint density at radius 1 is 1.36 bits per heavy atom. The van der Waals surface area contributed by atoms with Crippen molar-refractivity contribution >= 4 is 12.4 Å². The number of hydrogen-bond donors (Lipinski definition) is 1. The number of aromatic nitrogens is 2. The van der Waals surface area contributed by atoms with Crippen molar-refractivity contribution in [1.29, 1.82) is 0 Å². The average molecular weight is 330 g/mol. The third-order valence-corrected chi connectivity index (χ3v) is 3.11. The van der Waals surface area contributed by atoms with Crippen molar-refractivity contribution in [3.63, 3.8) is 0 Å². The van der Waals surface area contributed by atoms with Gasteiger partial charge in [0.25, 0.3) is 0 Å². The maximum atomic E-state index is 13.4. The number of para-hydroxylation sites is 1. The first-order valence-corrected chi connectivity index (χ1v) is 6.82. The monoisotopic (exact) mass is 329 g/mol. The zero-order valence-corrected chi connectivity index (χ0v) is 12.6. The van der Waals surface area contributed by atoms with E-state index in [0.717, 1.165) is 13.1 Å². The lowest BCUT2D eigenvalue weighted by Gasteiger charge is -2.21. The third kappa shape index (κ3) is 4.40. The molecular formula is C14H17ClFN3O3. The summed E-state index contributed by atoms with van der Waals surface area (Å²) < 4.78 is 29.4. The predicted molar refractivity (Wildman–Crippen MR) is 78.6 cm³/mol. The topological polar surface area (TPSA) is 69.4 Å². The molecule has 0 saturated carbocycles. The van der Waals surface area contributed by atoms with E-state index in [1.807, 2.05) is 0 Å². The van der Waals surface area contributed by atoms with E-state index in [4.69, 9.17) is 14.0 Å². The molecule has 0 amide bonds. The highest BCUT2D eigenvalue weighted by Gasteiger charge is 2.18. The van der Waals surface area contributed by atoms with Crippen LogP contribution in [0.4, 0.5) is 4.39 Å². The van der Waals surface area contributed by atoms with Gasteiger partial charge in [-0.2, -0.15) is 4.98 Å². The predicted octanol–water partition coefficient (Wildman–Crippen LogP) is 1.74. The van der Waals surface area contributed by atoms with Gasteiger partial charge in [0, 0.05) is 13.1 Å². The fourth-order valence-corrected chi connectivity index (χ4v) is 2.08. The molecule has 1 unspecified atom stereocenters. The summed E-state index contributed by atoms with van der Waals surface area (Å²) in [6, 6.07) is 6.20. The van der Waals surface area contributed by atoms with Gasteiger partial charge < -0.3 is 19.3 Å². The average Bonchev–Trinajstić information content (AvgIpc) is 2.95. The van der Waals surface area contributed by atoms with Gasteiger partial charge in [0.2, 0.25) is 11.7 Å². The molecule has 0 radical (unpaired) electrons. The van der Waals surface area contributed by atoms with Gasteiger partial charge in [-0.25, -0.2) is 4.39 Å². The minimum absolute atomic E-state index is 0. The van der Waals surface area contributed by atoms with Crippen molar-refractivity contribution in [2.24, 2.45) is 0 Å². The SMILES string of the molecule is Cl.Fc1ccccc1OCc1noc(CC2CNCCO2)n1. The van der Waals surface area contributed by atoms with E-state index in [1.165, 1.54) is 6.07 Å². The van der Waals surface area contributed by atoms with Crippen molar-refractivity contribution < 1.29 is 18.4 Å². The van der Waals surface area contributed by atoms with E-state index < -0.39 is 5.82 Å². The van der Waals surface area contributed by atoms with Gasteiger partial charge >= 0.3 is 0 Å². The fourth-order valence-electron chi connectivity index (χ4n) is 2.08. The molecular weight excluding hydrogens is 313 g/mol. The maximum Gasteiger partial charge on any atom is 0.229 e. The van der Waals surface area contributed by atoms with Crippen LogP contribution in [0.2, 0.25) is 0 Å². The Bertz CT molecular complexity index is 590. The molecule has 1 aliphatic rings. The van der Waals surface area contributed by atoms with Crippen LogP contribution in [0, 0.1) is 5.82 Å².